The van der Waals surface area contributed by atoms with Gasteiger partial charge in [-0.15, -0.1) is 0 Å². The predicted octanol–water partition coefficient (Wildman–Crippen LogP) is 1.68. The number of hydrogen-bond donors (Lipinski definition) is 3. The summed E-state index contributed by atoms with van der Waals surface area (Å²) in [5.41, 5.74) is 0.171. The Kier molecular flexibility index (Phi) is 9.65. The average molecular weight is 464 g/mol. The second-order valence-electron chi connectivity index (χ2n) is 8.81. The maximum atomic E-state index is 12.6. The molecule has 3 N–H and O–H groups in total. The monoisotopic (exact) mass is 463 g/mol. The predicted molar refractivity (Wildman–Crippen MR) is 119 cm³/mol. The number of rotatable bonds is 9. The number of carboxylic acids is 1. The minimum absolute atomic E-state index is 0.0153. The maximum absolute atomic E-state index is 12.6. The van der Waals surface area contributed by atoms with Crippen molar-refractivity contribution in [1.29, 1.82) is 0 Å². The second kappa shape index (κ2) is 12.2. The van der Waals surface area contributed by atoms with Gasteiger partial charge in [0.25, 0.3) is 0 Å². The quantitative estimate of drug-likeness (QED) is 0.507. The molecule has 1 fully saturated rings. The van der Waals surface area contributed by atoms with Crippen LogP contribution in [0.15, 0.2) is 30.3 Å². The van der Waals surface area contributed by atoms with Gasteiger partial charge in [0.2, 0.25) is 11.8 Å². The van der Waals surface area contributed by atoms with Crippen LogP contribution < -0.4 is 10.6 Å². The van der Waals surface area contributed by atoms with Crippen LogP contribution in [-0.4, -0.2) is 71.5 Å². The average Bonchev–Trinajstić information content (AvgIpc) is 2.75. The standard InChI is InChI=1S/C23H33N3O7/c1-23(2,3)33-22(31)26-12-7-13-32-19(26)11-10-18(27)25-17(21(30)24-15-20(28)29)14-16-8-5-4-6-9-16/h4-6,8-9,17,19H,7,10-15H2,1-3H3,(H,24,30)(H,25,27)(H,28,29)/t17-,19?/m0/s1. The summed E-state index contributed by atoms with van der Waals surface area (Å²) in [5, 5.41) is 13.8. The first-order chi connectivity index (χ1) is 15.5. The summed E-state index contributed by atoms with van der Waals surface area (Å²) in [6, 6.07) is 8.16. The Morgan fingerprint density at radius 2 is 1.91 bits per heavy atom. The first kappa shape index (κ1) is 26.1. The van der Waals surface area contributed by atoms with Gasteiger partial charge >= 0.3 is 12.1 Å². The normalized spacial score (nSPS) is 17.1. The third kappa shape index (κ3) is 9.48. The minimum atomic E-state index is -1.18. The van der Waals surface area contributed by atoms with Crippen LogP contribution >= 0.6 is 0 Å². The van der Waals surface area contributed by atoms with E-state index >= 15 is 0 Å². The van der Waals surface area contributed by atoms with Crippen molar-refractivity contribution in [3.05, 3.63) is 35.9 Å². The van der Waals surface area contributed by atoms with Gasteiger partial charge in [-0.25, -0.2) is 4.79 Å². The van der Waals surface area contributed by atoms with Gasteiger partial charge < -0.3 is 25.2 Å². The van der Waals surface area contributed by atoms with Gasteiger partial charge in [0.05, 0.1) is 6.61 Å². The number of benzene rings is 1. The largest absolute Gasteiger partial charge is 0.480 e. The van der Waals surface area contributed by atoms with Crippen molar-refractivity contribution in [3.63, 3.8) is 0 Å². The zero-order valence-electron chi connectivity index (χ0n) is 19.3. The smallest absolute Gasteiger partial charge is 0.412 e. The van der Waals surface area contributed by atoms with E-state index in [0.717, 1.165) is 5.56 Å². The molecule has 0 spiro atoms. The summed E-state index contributed by atoms with van der Waals surface area (Å²) in [6.45, 7) is 5.73. The number of ether oxygens (including phenoxy) is 2. The number of nitrogens with zero attached hydrogens (tertiary/aromatic N) is 1. The lowest BCUT2D eigenvalue weighted by Crippen LogP contribution is -2.50. The van der Waals surface area contributed by atoms with E-state index in [1.807, 2.05) is 30.3 Å². The number of hydrogen-bond acceptors (Lipinski definition) is 6. The molecular formula is C23H33N3O7. The van der Waals surface area contributed by atoms with Gasteiger partial charge in [-0.1, -0.05) is 30.3 Å². The Hall–Kier alpha value is -3.14. The molecule has 2 atom stereocenters. The highest BCUT2D eigenvalue weighted by Crippen LogP contribution is 2.19. The SMILES string of the molecule is CC(C)(C)OC(=O)N1CCCOC1CCC(=O)N[C@@H](Cc1ccccc1)C(=O)NCC(=O)O. The Bertz CT molecular complexity index is 823. The van der Waals surface area contributed by atoms with Crippen LogP contribution in [0.25, 0.3) is 0 Å². The summed E-state index contributed by atoms with van der Waals surface area (Å²) in [5.74, 6) is -2.16. The third-order valence-electron chi connectivity index (χ3n) is 4.80. The lowest BCUT2D eigenvalue weighted by Gasteiger charge is -2.36. The van der Waals surface area contributed by atoms with Gasteiger partial charge in [-0.05, 0) is 32.8 Å². The Morgan fingerprint density at radius 1 is 1.21 bits per heavy atom. The molecule has 1 aliphatic heterocycles. The zero-order valence-corrected chi connectivity index (χ0v) is 19.3. The first-order valence-corrected chi connectivity index (χ1v) is 11.0. The van der Waals surface area contributed by atoms with E-state index in [0.29, 0.717) is 19.6 Å². The molecule has 33 heavy (non-hydrogen) atoms. The number of carboxylic acid groups (broad SMARTS) is 1. The number of aliphatic carboxylic acids is 1. The Balaban J connectivity index is 1.97. The molecule has 0 aromatic heterocycles. The van der Waals surface area contributed by atoms with E-state index in [4.69, 9.17) is 14.6 Å². The molecule has 10 heteroatoms. The van der Waals surface area contributed by atoms with Crippen molar-refractivity contribution >= 4 is 23.9 Å². The topological polar surface area (TPSA) is 134 Å². The molecule has 1 aromatic rings. The lowest BCUT2D eigenvalue weighted by atomic mass is 10.0. The number of carbonyl (C=O) groups is 4. The Morgan fingerprint density at radius 3 is 2.55 bits per heavy atom. The van der Waals surface area contributed by atoms with E-state index in [2.05, 4.69) is 10.6 Å². The van der Waals surface area contributed by atoms with Crippen molar-refractivity contribution in [2.45, 2.75) is 64.3 Å². The summed E-state index contributed by atoms with van der Waals surface area (Å²) in [6.07, 6.45) is 0.0316. The second-order valence-corrected chi connectivity index (χ2v) is 8.81. The Labute approximate surface area is 193 Å². The summed E-state index contributed by atoms with van der Waals surface area (Å²) in [4.78, 5) is 49.9. The maximum Gasteiger partial charge on any atom is 0.412 e. The van der Waals surface area contributed by atoms with E-state index < -0.39 is 48.3 Å². The summed E-state index contributed by atoms with van der Waals surface area (Å²) < 4.78 is 11.1. The van der Waals surface area contributed by atoms with Crippen molar-refractivity contribution in [1.82, 2.24) is 15.5 Å². The highest BCUT2D eigenvalue weighted by atomic mass is 16.6. The van der Waals surface area contributed by atoms with Crippen molar-refractivity contribution in [2.75, 3.05) is 19.7 Å². The molecule has 1 aromatic carbocycles. The van der Waals surface area contributed by atoms with Gasteiger partial charge in [-0.3, -0.25) is 19.3 Å². The first-order valence-electron chi connectivity index (χ1n) is 11.0. The van der Waals surface area contributed by atoms with Crippen LogP contribution in [0.1, 0.15) is 45.6 Å². The fraction of sp³-hybridized carbons (Fsp3) is 0.565. The van der Waals surface area contributed by atoms with Crippen LogP contribution in [0.4, 0.5) is 4.79 Å². The molecule has 0 bridgehead atoms. The number of amides is 3. The van der Waals surface area contributed by atoms with Crippen LogP contribution in [0.3, 0.4) is 0 Å². The molecule has 1 unspecified atom stereocenters. The zero-order chi connectivity index (χ0) is 24.4. The van der Waals surface area contributed by atoms with Crippen molar-refractivity contribution < 1.29 is 33.8 Å². The molecule has 182 valence electrons. The molecular weight excluding hydrogens is 430 g/mol. The third-order valence-corrected chi connectivity index (χ3v) is 4.80. The van der Waals surface area contributed by atoms with Crippen LogP contribution in [0, 0.1) is 0 Å². The lowest BCUT2D eigenvalue weighted by molar-refractivity contribution is -0.138. The molecule has 2 rings (SSSR count). The van der Waals surface area contributed by atoms with Crippen molar-refractivity contribution in [2.24, 2.45) is 0 Å². The van der Waals surface area contributed by atoms with Crippen LogP contribution in [0.5, 0.6) is 0 Å². The van der Waals surface area contributed by atoms with E-state index in [1.165, 1.54) is 4.90 Å². The molecule has 1 saturated heterocycles. The molecule has 1 aliphatic rings. The highest BCUT2D eigenvalue weighted by Gasteiger charge is 2.32. The summed E-state index contributed by atoms with van der Waals surface area (Å²) in [7, 11) is 0. The molecule has 0 radical (unpaired) electrons. The summed E-state index contributed by atoms with van der Waals surface area (Å²) >= 11 is 0. The number of carbonyl (C=O) groups excluding carboxylic acids is 3. The highest BCUT2D eigenvalue weighted by molar-refractivity contribution is 5.89. The van der Waals surface area contributed by atoms with Gasteiger partial charge in [0.1, 0.15) is 24.4 Å². The molecule has 1 heterocycles. The molecule has 0 saturated carbocycles. The van der Waals surface area contributed by atoms with Gasteiger partial charge in [0, 0.05) is 25.8 Å². The van der Waals surface area contributed by atoms with Crippen LogP contribution in [0.2, 0.25) is 0 Å². The van der Waals surface area contributed by atoms with Crippen LogP contribution in [-0.2, 0) is 30.3 Å². The molecule has 10 nitrogen and oxygen atoms in total. The fourth-order valence-electron chi connectivity index (χ4n) is 3.32. The van der Waals surface area contributed by atoms with E-state index in [1.54, 1.807) is 20.8 Å². The molecule has 0 aliphatic carbocycles. The minimum Gasteiger partial charge on any atom is -0.480 e. The number of nitrogens with one attached hydrogen (secondary N) is 2. The van der Waals surface area contributed by atoms with Crippen molar-refractivity contribution in [3.8, 4) is 0 Å². The van der Waals surface area contributed by atoms with E-state index in [9.17, 15) is 19.2 Å². The fourth-order valence-corrected chi connectivity index (χ4v) is 3.32. The molecule has 3 amide bonds. The van der Waals surface area contributed by atoms with Gasteiger partial charge in [-0.2, -0.15) is 0 Å². The van der Waals surface area contributed by atoms with E-state index in [-0.39, 0.29) is 19.3 Å². The van der Waals surface area contributed by atoms with Gasteiger partial charge in [0.15, 0.2) is 0 Å².